The van der Waals surface area contributed by atoms with Crippen LogP contribution in [0.15, 0.2) is 36.8 Å². The molecule has 2 saturated heterocycles. The fraction of sp³-hybridized carbons (Fsp3) is 0.462. The predicted octanol–water partition coefficient (Wildman–Crippen LogP) is 4.07. The van der Waals surface area contributed by atoms with Gasteiger partial charge >= 0.3 is 0 Å². The smallest absolute Gasteiger partial charge is 0.160 e. The number of benzene rings is 1. The van der Waals surface area contributed by atoms with Crippen LogP contribution in [-0.4, -0.2) is 61.9 Å². The molecule has 172 valence electrons. The Morgan fingerprint density at radius 1 is 1.18 bits per heavy atom. The van der Waals surface area contributed by atoms with Gasteiger partial charge in [-0.3, -0.25) is 4.90 Å². The molecule has 2 aliphatic rings. The van der Waals surface area contributed by atoms with Crippen LogP contribution in [0.4, 0.5) is 0 Å². The number of hydrogen-bond donors (Lipinski definition) is 2. The summed E-state index contributed by atoms with van der Waals surface area (Å²) >= 11 is 0. The third kappa shape index (κ3) is 3.55. The monoisotopic (exact) mass is 445 g/mol. The third-order valence-corrected chi connectivity index (χ3v) is 7.49. The largest absolute Gasteiger partial charge is 0.392 e. The van der Waals surface area contributed by atoms with Gasteiger partial charge in [-0.1, -0.05) is 19.9 Å². The van der Waals surface area contributed by atoms with E-state index >= 15 is 0 Å². The van der Waals surface area contributed by atoms with E-state index in [-0.39, 0.29) is 6.61 Å². The Hall–Kier alpha value is -2.74. The number of rotatable bonds is 5. The molecule has 3 aromatic heterocycles. The van der Waals surface area contributed by atoms with Crippen LogP contribution in [0, 0.1) is 0 Å². The van der Waals surface area contributed by atoms with Crippen molar-refractivity contribution in [2.45, 2.75) is 51.2 Å². The van der Waals surface area contributed by atoms with Crippen molar-refractivity contribution in [3.63, 3.8) is 0 Å². The van der Waals surface area contributed by atoms with Crippen molar-refractivity contribution in [3.8, 4) is 11.3 Å². The summed E-state index contributed by atoms with van der Waals surface area (Å²) in [4.78, 5) is 10.6. The minimum absolute atomic E-state index is 0.0664. The molecule has 4 aromatic rings. The molecule has 0 atom stereocenters. The van der Waals surface area contributed by atoms with Gasteiger partial charge < -0.3 is 14.8 Å². The van der Waals surface area contributed by atoms with Crippen LogP contribution < -0.4 is 0 Å². The SMILES string of the molecule is CC(C)c1c(-c2cc(CO)c3ncnn3c2)[nH]c2ccc(C3CCN(C4COC4)CC3)cc12. The molecule has 7 nitrogen and oxygen atoms in total. The maximum atomic E-state index is 9.89. The average Bonchev–Trinajstić information content (AvgIpc) is 3.41. The molecule has 5 heterocycles. The molecule has 0 spiro atoms. The van der Waals surface area contributed by atoms with Gasteiger partial charge in [0.05, 0.1) is 31.6 Å². The lowest BCUT2D eigenvalue weighted by Gasteiger charge is -2.41. The number of aromatic nitrogens is 4. The zero-order valence-corrected chi connectivity index (χ0v) is 19.3. The number of likely N-dealkylation sites (tertiary alicyclic amines) is 1. The van der Waals surface area contributed by atoms with E-state index in [1.165, 1.54) is 35.7 Å². The third-order valence-electron chi connectivity index (χ3n) is 7.49. The van der Waals surface area contributed by atoms with E-state index in [0.717, 1.165) is 48.6 Å². The average molecular weight is 446 g/mol. The van der Waals surface area contributed by atoms with Crippen LogP contribution in [0.1, 0.15) is 55.2 Å². The lowest BCUT2D eigenvalue weighted by atomic mass is 9.87. The van der Waals surface area contributed by atoms with E-state index in [1.807, 2.05) is 12.3 Å². The lowest BCUT2D eigenvalue weighted by molar-refractivity contribution is -0.0712. The Morgan fingerprint density at radius 2 is 2.00 bits per heavy atom. The summed E-state index contributed by atoms with van der Waals surface area (Å²) in [5.41, 5.74) is 7.53. The maximum Gasteiger partial charge on any atom is 0.160 e. The second kappa shape index (κ2) is 8.24. The number of hydrogen-bond acceptors (Lipinski definition) is 5. The van der Waals surface area contributed by atoms with Crippen molar-refractivity contribution in [3.05, 3.63) is 53.5 Å². The highest BCUT2D eigenvalue weighted by molar-refractivity contribution is 5.92. The molecule has 1 aromatic carbocycles. The van der Waals surface area contributed by atoms with Crippen molar-refractivity contribution >= 4 is 16.6 Å². The van der Waals surface area contributed by atoms with Crippen molar-refractivity contribution in [2.24, 2.45) is 0 Å². The van der Waals surface area contributed by atoms with Gasteiger partial charge in [-0.2, -0.15) is 5.10 Å². The van der Waals surface area contributed by atoms with E-state index in [2.05, 4.69) is 52.0 Å². The second-order valence-electron chi connectivity index (χ2n) is 9.82. The number of fused-ring (bicyclic) bond motifs is 2. The molecule has 2 N–H and O–H groups in total. The van der Waals surface area contributed by atoms with E-state index < -0.39 is 0 Å². The van der Waals surface area contributed by atoms with Crippen molar-refractivity contribution < 1.29 is 9.84 Å². The molecule has 0 saturated carbocycles. The summed E-state index contributed by atoms with van der Waals surface area (Å²) in [5.74, 6) is 0.964. The molecule has 0 aliphatic carbocycles. The number of ether oxygens (including phenoxy) is 1. The van der Waals surface area contributed by atoms with Gasteiger partial charge in [0.25, 0.3) is 0 Å². The van der Waals surface area contributed by atoms with E-state index in [1.54, 1.807) is 4.52 Å². The molecule has 7 heteroatoms. The number of H-pyrrole nitrogens is 1. The van der Waals surface area contributed by atoms with Crippen molar-refractivity contribution in [2.75, 3.05) is 26.3 Å². The van der Waals surface area contributed by atoms with E-state index in [9.17, 15) is 5.11 Å². The first-order chi connectivity index (χ1) is 16.1. The van der Waals surface area contributed by atoms with Gasteiger partial charge in [0, 0.05) is 28.2 Å². The molecular weight excluding hydrogens is 414 g/mol. The van der Waals surface area contributed by atoms with Crippen LogP contribution in [0.25, 0.3) is 27.8 Å². The molecule has 2 fully saturated rings. The fourth-order valence-electron chi connectivity index (χ4n) is 5.59. The molecule has 0 amide bonds. The van der Waals surface area contributed by atoms with E-state index in [0.29, 0.717) is 23.5 Å². The van der Waals surface area contributed by atoms with Gasteiger partial charge in [-0.25, -0.2) is 9.50 Å². The van der Waals surface area contributed by atoms with Gasteiger partial charge in [0.15, 0.2) is 5.65 Å². The first kappa shape index (κ1) is 20.8. The summed E-state index contributed by atoms with van der Waals surface area (Å²) in [6.07, 6.45) is 5.94. The van der Waals surface area contributed by atoms with Gasteiger partial charge in [0.2, 0.25) is 0 Å². The Kier molecular flexibility index (Phi) is 5.20. The van der Waals surface area contributed by atoms with Crippen molar-refractivity contribution in [1.82, 2.24) is 24.5 Å². The summed E-state index contributed by atoms with van der Waals surface area (Å²) < 4.78 is 7.14. The second-order valence-corrected chi connectivity index (χ2v) is 9.82. The highest BCUT2D eigenvalue weighted by atomic mass is 16.5. The van der Waals surface area contributed by atoms with Crippen LogP contribution in [-0.2, 0) is 11.3 Å². The standard InChI is InChI=1S/C26H31N5O2/c1-16(2)24-22-10-18(17-5-7-30(8-6-17)21-13-33-14-21)3-4-23(22)29-25(24)19-9-20(12-32)26-27-15-28-31(26)11-19/h3-4,9-11,15-17,21,29,32H,5-8,12-14H2,1-2H3. The number of nitrogens with one attached hydrogen (secondary N) is 1. The summed E-state index contributed by atoms with van der Waals surface area (Å²) in [6, 6.07) is 9.63. The Morgan fingerprint density at radius 3 is 2.70 bits per heavy atom. The normalized spacial score (nSPS) is 18.5. The number of aromatic amines is 1. The summed E-state index contributed by atoms with van der Waals surface area (Å²) in [6.45, 7) is 8.56. The number of nitrogens with zero attached hydrogens (tertiary/aromatic N) is 4. The topological polar surface area (TPSA) is 78.7 Å². The van der Waals surface area contributed by atoms with Crippen LogP contribution >= 0.6 is 0 Å². The van der Waals surface area contributed by atoms with Crippen LogP contribution in [0.3, 0.4) is 0 Å². The highest BCUT2D eigenvalue weighted by Crippen LogP contribution is 2.39. The minimum atomic E-state index is -0.0664. The first-order valence-electron chi connectivity index (χ1n) is 12.0. The molecular formula is C26H31N5O2. The zero-order chi connectivity index (χ0) is 22.5. The highest BCUT2D eigenvalue weighted by Gasteiger charge is 2.30. The fourth-order valence-corrected chi connectivity index (χ4v) is 5.59. The molecule has 0 radical (unpaired) electrons. The van der Waals surface area contributed by atoms with E-state index in [4.69, 9.17) is 4.74 Å². The zero-order valence-electron chi connectivity index (χ0n) is 19.3. The quantitative estimate of drug-likeness (QED) is 0.484. The molecule has 33 heavy (non-hydrogen) atoms. The number of aliphatic hydroxyl groups is 1. The van der Waals surface area contributed by atoms with Gasteiger partial charge in [-0.15, -0.1) is 0 Å². The van der Waals surface area contributed by atoms with Crippen molar-refractivity contribution in [1.29, 1.82) is 0 Å². The first-order valence-corrected chi connectivity index (χ1v) is 12.0. The molecule has 0 unspecified atom stereocenters. The predicted molar refractivity (Wildman–Crippen MR) is 128 cm³/mol. The molecule has 0 bridgehead atoms. The summed E-state index contributed by atoms with van der Waals surface area (Å²) in [7, 11) is 0. The molecule has 2 aliphatic heterocycles. The number of aliphatic hydroxyl groups excluding tert-OH is 1. The maximum absolute atomic E-state index is 9.89. The number of piperidine rings is 1. The van der Waals surface area contributed by atoms with Gasteiger partial charge in [0.1, 0.15) is 6.33 Å². The Balaban J connectivity index is 1.38. The lowest BCUT2D eigenvalue weighted by Crippen LogP contribution is -2.51. The Bertz CT molecular complexity index is 1300. The Labute approximate surface area is 193 Å². The molecule has 6 rings (SSSR count). The van der Waals surface area contributed by atoms with Crippen LogP contribution in [0.2, 0.25) is 0 Å². The minimum Gasteiger partial charge on any atom is -0.392 e. The summed E-state index contributed by atoms with van der Waals surface area (Å²) in [5, 5.41) is 15.5. The number of pyridine rings is 1. The van der Waals surface area contributed by atoms with Gasteiger partial charge in [-0.05, 0) is 67.1 Å². The van der Waals surface area contributed by atoms with Crippen LogP contribution in [0.5, 0.6) is 0 Å².